The van der Waals surface area contributed by atoms with Crippen LogP contribution in [0, 0.1) is 0 Å². The maximum atomic E-state index is 12.2. The van der Waals surface area contributed by atoms with Crippen molar-refractivity contribution in [3.05, 3.63) is 23.5 Å². The Hall–Kier alpha value is -1.49. The Morgan fingerprint density at radius 1 is 1.40 bits per heavy atom. The number of nitrogens with zero attached hydrogens (tertiary/aromatic N) is 3. The van der Waals surface area contributed by atoms with E-state index < -0.39 is 0 Å². The van der Waals surface area contributed by atoms with Crippen LogP contribution in [-0.2, 0) is 0 Å². The zero-order chi connectivity index (χ0) is 14.1. The number of likely N-dealkylation sites (tertiary alicyclic amines) is 1. The lowest BCUT2D eigenvalue weighted by Crippen LogP contribution is -2.38. The highest BCUT2D eigenvalue weighted by Gasteiger charge is 2.27. The van der Waals surface area contributed by atoms with Crippen molar-refractivity contribution in [2.24, 2.45) is 0 Å². The molecule has 2 fully saturated rings. The summed E-state index contributed by atoms with van der Waals surface area (Å²) in [6, 6.07) is 2.67. The van der Waals surface area contributed by atoms with Gasteiger partial charge in [0.05, 0.1) is 6.20 Å². The molecule has 1 saturated carbocycles. The van der Waals surface area contributed by atoms with Crippen LogP contribution in [0.5, 0.6) is 0 Å². The van der Waals surface area contributed by atoms with E-state index in [-0.39, 0.29) is 11.9 Å². The summed E-state index contributed by atoms with van der Waals surface area (Å²) in [5.41, 5.74) is 1.61. The number of amides is 1. The Kier molecular flexibility index (Phi) is 3.70. The predicted molar refractivity (Wildman–Crippen MR) is 76.6 cm³/mol. The molecule has 0 unspecified atom stereocenters. The summed E-state index contributed by atoms with van der Waals surface area (Å²) < 4.78 is 0. The summed E-state index contributed by atoms with van der Waals surface area (Å²) in [6.07, 6.45) is 5.21. The summed E-state index contributed by atoms with van der Waals surface area (Å²) in [6.45, 7) is 6.36. The Morgan fingerprint density at radius 3 is 2.85 bits per heavy atom. The third-order valence-electron chi connectivity index (χ3n) is 4.24. The third-order valence-corrected chi connectivity index (χ3v) is 4.24. The fourth-order valence-corrected chi connectivity index (χ4v) is 2.77. The molecule has 1 aromatic heterocycles. The number of aromatic nitrogens is 2. The van der Waals surface area contributed by atoms with E-state index in [1.54, 1.807) is 6.20 Å². The van der Waals surface area contributed by atoms with Gasteiger partial charge in [0, 0.05) is 25.2 Å². The molecule has 1 saturated heterocycles. The van der Waals surface area contributed by atoms with Crippen molar-refractivity contribution in [2.45, 2.75) is 51.1 Å². The highest BCUT2D eigenvalue weighted by atomic mass is 16.2. The van der Waals surface area contributed by atoms with E-state index in [0.29, 0.717) is 17.7 Å². The quantitative estimate of drug-likeness (QED) is 0.905. The SMILES string of the molecule is CC(C)N1CC[C@H](NC(=O)c2cc(C3CC3)cnn2)C1. The maximum Gasteiger partial charge on any atom is 0.272 e. The second-order valence-corrected chi connectivity index (χ2v) is 6.20. The zero-order valence-electron chi connectivity index (χ0n) is 12.2. The van der Waals surface area contributed by atoms with Gasteiger partial charge in [0.15, 0.2) is 5.69 Å². The number of carbonyl (C=O) groups excluding carboxylic acids is 1. The van der Waals surface area contributed by atoms with Crippen LogP contribution >= 0.6 is 0 Å². The van der Waals surface area contributed by atoms with Crippen LogP contribution in [-0.4, -0.2) is 46.2 Å². The van der Waals surface area contributed by atoms with Crippen LogP contribution in [0.25, 0.3) is 0 Å². The molecule has 0 spiro atoms. The van der Waals surface area contributed by atoms with E-state index in [4.69, 9.17) is 0 Å². The minimum absolute atomic E-state index is 0.0874. The van der Waals surface area contributed by atoms with Gasteiger partial charge in [-0.15, -0.1) is 5.10 Å². The number of carbonyl (C=O) groups is 1. The summed E-state index contributed by atoms with van der Waals surface area (Å²) in [5, 5.41) is 11.0. The number of nitrogens with one attached hydrogen (secondary N) is 1. The van der Waals surface area contributed by atoms with Gasteiger partial charge in [0.25, 0.3) is 5.91 Å². The Balaban J connectivity index is 1.60. The molecule has 3 rings (SSSR count). The van der Waals surface area contributed by atoms with E-state index in [1.807, 2.05) is 6.07 Å². The first-order chi connectivity index (χ1) is 9.63. The molecule has 20 heavy (non-hydrogen) atoms. The van der Waals surface area contributed by atoms with Crippen molar-refractivity contribution >= 4 is 5.91 Å². The highest BCUT2D eigenvalue weighted by Crippen LogP contribution is 2.39. The molecule has 5 heteroatoms. The van der Waals surface area contributed by atoms with Gasteiger partial charge in [-0.3, -0.25) is 9.69 Å². The molecule has 0 bridgehead atoms. The van der Waals surface area contributed by atoms with Gasteiger partial charge in [-0.05, 0) is 50.7 Å². The van der Waals surface area contributed by atoms with Crippen molar-refractivity contribution in [1.82, 2.24) is 20.4 Å². The van der Waals surface area contributed by atoms with Crippen LogP contribution < -0.4 is 5.32 Å². The first-order valence-electron chi connectivity index (χ1n) is 7.51. The number of hydrogen-bond acceptors (Lipinski definition) is 4. The molecule has 1 aliphatic heterocycles. The van der Waals surface area contributed by atoms with Gasteiger partial charge >= 0.3 is 0 Å². The molecule has 1 amide bonds. The van der Waals surface area contributed by atoms with Gasteiger partial charge in [-0.2, -0.15) is 5.10 Å². The predicted octanol–water partition coefficient (Wildman–Crippen LogP) is 1.57. The normalized spacial score (nSPS) is 23.2. The lowest BCUT2D eigenvalue weighted by Gasteiger charge is -2.20. The maximum absolute atomic E-state index is 12.2. The third kappa shape index (κ3) is 2.98. The van der Waals surface area contributed by atoms with Gasteiger partial charge < -0.3 is 5.32 Å². The average molecular weight is 274 g/mol. The fraction of sp³-hybridized carbons (Fsp3) is 0.667. The van der Waals surface area contributed by atoms with Gasteiger partial charge in [0.1, 0.15) is 0 Å². The Labute approximate surface area is 119 Å². The molecule has 0 aromatic carbocycles. The molecule has 1 aliphatic carbocycles. The molecular formula is C15H22N4O. The Morgan fingerprint density at radius 2 is 2.20 bits per heavy atom. The number of hydrogen-bond donors (Lipinski definition) is 1. The zero-order valence-corrected chi connectivity index (χ0v) is 12.2. The summed E-state index contributed by atoms with van der Waals surface area (Å²) >= 11 is 0. The van der Waals surface area contributed by atoms with Crippen molar-refractivity contribution < 1.29 is 4.79 Å². The molecule has 2 aliphatic rings. The van der Waals surface area contributed by atoms with Crippen molar-refractivity contribution in [2.75, 3.05) is 13.1 Å². The van der Waals surface area contributed by atoms with Crippen LogP contribution in [0.15, 0.2) is 12.3 Å². The molecule has 0 radical (unpaired) electrons. The second kappa shape index (κ2) is 5.48. The molecule has 1 aromatic rings. The largest absolute Gasteiger partial charge is 0.347 e. The van der Waals surface area contributed by atoms with E-state index in [0.717, 1.165) is 25.1 Å². The van der Waals surface area contributed by atoms with E-state index >= 15 is 0 Å². The first kappa shape index (κ1) is 13.5. The standard InChI is InChI=1S/C15H22N4O/c1-10(2)19-6-5-13(9-19)17-15(20)14-7-12(8-16-18-14)11-3-4-11/h7-8,10-11,13H,3-6,9H2,1-2H3,(H,17,20)/t13-/m0/s1. The van der Waals surface area contributed by atoms with Crippen molar-refractivity contribution in [3.8, 4) is 0 Å². The molecule has 108 valence electrons. The molecular weight excluding hydrogens is 252 g/mol. The Bertz CT molecular complexity index is 498. The minimum atomic E-state index is -0.0874. The summed E-state index contributed by atoms with van der Waals surface area (Å²) in [4.78, 5) is 14.6. The number of rotatable bonds is 4. The molecule has 1 N–H and O–H groups in total. The van der Waals surface area contributed by atoms with E-state index in [9.17, 15) is 4.79 Å². The lowest BCUT2D eigenvalue weighted by molar-refractivity contribution is 0.0930. The fourth-order valence-electron chi connectivity index (χ4n) is 2.77. The second-order valence-electron chi connectivity index (χ2n) is 6.20. The van der Waals surface area contributed by atoms with Crippen LogP contribution in [0.3, 0.4) is 0 Å². The average Bonchev–Trinajstić information content (AvgIpc) is 3.19. The van der Waals surface area contributed by atoms with Gasteiger partial charge in [-0.1, -0.05) is 0 Å². The monoisotopic (exact) mass is 274 g/mol. The first-order valence-corrected chi connectivity index (χ1v) is 7.51. The topological polar surface area (TPSA) is 58.1 Å². The molecule has 2 heterocycles. The summed E-state index contributed by atoms with van der Waals surface area (Å²) in [5.74, 6) is 0.510. The van der Waals surface area contributed by atoms with Gasteiger partial charge in [-0.25, -0.2) is 0 Å². The van der Waals surface area contributed by atoms with Crippen LogP contribution in [0.1, 0.15) is 55.1 Å². The smallest absolute Gasteiger partial charge is 0.272 e. The lowest BCUT2D eigenvalue weighted by atomic mass is 10.1. The van der Waals surface area contributed by atoms with Crippen LogP contribution in [0.4, 0.5) is 0 Å². The highest BCUT2D eigenvalue weighted by molar-refractivity contribution is 5.92. The van der Waals surface area contributed by atoms with Crippen LogP contribution in [0.2, 0.25) is 0 Å². The van der Waals surface area contributed by atoms with Gasteiger partial charge in [0.2, 0.25) is 0 Å². The van der Waals surface area contributed by atoms with E-state index in [1.165, 1.54) is 12.8 Å². The molecule has 1 atom stereocenters. The summed E-state index contributed by atoms with van der Waals surface area (Å²) in [7, 11) is 0. The van der Waals surface area contributed by atoms with Crippen molar-refractivity contribution in [1.29, 1.82) is 0 Å². The minimum Gasteiger partial charge on any atom is -0.347 e. The van der Waals surface area contributed by atoms with E-state index in [2.05, 4.69) is 34.3 Å². The molecule has 5 nitrogen and oxygen atoms in total. The van der Waals surface area contributed by atoms with Crippen molar-refractivity contribution in [3.63, 3.8) is 0 Å².